The van der Waals surface area contributed by atoms with Crippen LogP contribution in [-0.2, 0) is 50.1 Å². The maximum Gasteiger partial charge on any atom is 0.344 e. The van der Waals surface area contributed by atoms with Crippen molar-refractivity contribution in [2.24, 2.45) is 0 Å². The van der Waals surface area contributed by atoms with Crippen LogP contribution in [-0.4, -0.2) is 75.0 Å². The van der Waals surface area contributed by atoms with Crippen molar-refractivity contribution in [3.05, 3.63) is 23.5 Å². The van der Waals surface area contributed by atoms with Gasteiger partial charge in [0.1, 0.15) is 0 Å². The highest BCUT2D eigenvalue weighted by Gasteiger charge is 2.51. The molecule has 13 nitrogen and oxygen atoms in total. The van der Waals surface area contributed by atoms with Crippen molar-refractivity contribution in [3.63, 3.8) is 0 Å². The van der Waals surface area contributed by atoms with E-state index < -0.39 is 37.4 Å². The summed E-state index contributed by atoms with van der Waals surface area (Å²) in [6.45, 7) is 4.10. The predicted molar refractivity (Wildman–Crippen MR) is 131 cm³/mol. The van der Waals surface area contributed by atoms with Gasteiger partial charge in [0.25, 0.3) is 0 Å². The van der Waals surface area contributed by atoms with Gasteiger partial charge in [-0.25, -0.2) is 19.6 Å². The Kier molecular flexibility index (Phi) is 10.4. The molecule has 1 amide bonds. The molecule has 0 bridgehead atoms. The Morgan fingerprint density at radius 3 is 1.70 bits per heavy atom. The van der Waals surface area contributed by atoms with Gasteiger partial charge in [-0.1, -0.05) is 0 Å². The summed E-state index contributed by atoms with van der Waals surface area (Å²) in [5.74, 6) is -2.07. The van der Waals surface area contributed by atoms with Crippen LogP contribution < -0.4 is 14.8 Å². The molecule has 14 heteroatoms. The maximum atomic E-state index is 13.2. The molecular weight excluding hydrogens is 509 g/mol. The zero-order valence-electron chi connectivity index (χ0n) is 21.9. The summed E-state index contributed by atoms with van der Waals surface area (Å²) in [5, 5.41) is 2.39. The van der Waals surface area contributed by atoms with E-state index in [2.05, 4.69) is 15.3 Å². The fourth-order valence-electron chi connectivity index (χ4n) is 3.55. The van der Waals surface area contributed by atoms with Crippen molar-refractivity contribution in [2.75, 3.05) is 41.7 Å². The monoisotopic (exact) mass is 541 g/mol. The van der Waals surface area contributed by atoms with Crippen molar-refractivity contribution in [3.8, 4) is 11.5 Å². The van der Waals surface area contributed by atoms with E-state index in [0.717, 1.165) is 6.92 Å². The second-order valence-corrected chi connectivity index (χ2v) is 9.92. The van der Waals surface area contributed by atoms with Crippen LogP contribution in [0, 0.1) is 0 Å². The highest BCUT2D eigenvalue weighted by Crippen LogP contribution is 2.50. The van der Waals surface area contributed by atoms with E-state index >= 15 is 0 Å². The summed E-state index contributed by atoms with van der Waals surface area (Å²) in [6.07, 6.45) is -0.876. The molecule has 0 unspecified atom stereocenters. The molecule has 204 valence electrons. The smallest absolute Gasteiger partial charge is 0.344 e. The van der Waals surface area contributed by atoms with Crippen molar-refractivity contribution >= 4 is 36.5 Å². The lowest BCUT2D eigenvalue weighted by atomic mass is 9.91. The average molecular weight is 541 g/mol. The molecule has 0 aliphatic rings. The number of aromatic nitrogens is 2. The van der Waals surface area contributed by atoms with Crippen LogP contribution in [0.15, 0.2) is 12.1 Å². The molecule has 1 aromatic heterocycles. The Morgan fingerprint density at radius 1 is 0.865 bits per heavy atom. The molecule has 1 aromatic carbocycles. The number of carbonyl (C=O) groups is 3. The van der Waals surface area contributed by atoms with Crippen molar-refractivity contribution in [1.82, 2.24) is 15.3 Å². The summed E-state index contributed by atoms with van der Waals surface area (Å²) < 4.78 is 44.1. The van der Waals surface area contributed by atoms with E-state index in [0.29, 0.717) is 22.5 Å². The van der Waals surface area contributed by atoms with Crippen LogP contribution >= 0.6 is 7.60 Å². The molecule has 0 radical (unpaired) electrons. The van der Waals surface area contributed by atoms with Gasteiger partial charge in [0.05, 0.1) is 56.0 Å². The maximum absolute atomic E-state index is 13.2. The van der Waals surface area contributed by atoms with Gasteiger partial charge in [-0.3, -0.25) is 9.36 Å². The van der Waals surface area contributed by atoms with E-state index in [9.17, 15) is 18.9 Å². The summed E-state index contributed by atoms with van der Waals surface area (Å²) >= 11 is 0. The Morgan fingerprint density at radius 2 is 1.32 bits per heavy atom. The molecule has 2 rings (SSSR count). The first-order valence-corrected chi connectivity index (χ1v) is 13.0. The molecule has 37 heavy (non-hydrogen) atoms. The molecule has 0 aliphatic heterocycles. The van der Waals surface area contributed by atoms with Crippen molar-refractivity contribution in [1.29, 1.82) is 0 Å². The number of fused-ring (bicyclic) bond motifs is 1. The van der Waals surface area contributed by atoms with Gasteiger partial charge in [0.15, 0.2) is 11.5 Å². The molecule has 1 N–H and O–H groups in total. The molecule has 0 fully saturated rings. The molecule has 0 atom stereocenters. The number of nitrogens with zero attached hydrogens (tertiary/aromatic N) is 2. The minimum Gasteiger partial charge on any atom is -0.493 e. The first kappa shape index (κ1) is 29.9. The quantitative estimate of drug-likeness (QED) is 0.224. The lowest BCUT2D eigenvalue weighted by molar-refractivity contribution is -0.168. The van der Waals surface area contributed by atoms with Gasteiger partial charge < -0.3 is 33.3 Å². The second kappa shape index (κ2) is 12.8. The van der Waals surface area contributed by atoms with Crippen LogP contribution in [0.2, 0.25) is 0 Å². The summed E-state index contributed by atoms with van der Waals surface area (Å²) in [5.41, 5.74) is -1.51. The summed E-state index contributed by atoms with van der Waals surface area (Å²) in [7, 11) is 1.64. The molecule has 0 saturated heterocycles. The third kappa shape index (κ3) is 6.73. The van der Waals surface area contributed by atoms with Gasteiger partial charge in [-0.05, 0) is 13.8 Å². The Labute approximate surface area is 214 Å². The zero-order chi connectivity index (χ0) is 27.8. The number of nitrogens with one attached hydrogen (secondary N) is 1. The Bertz CT molecular complexity index is 1180. The predicted octanol–water partition coefficient (Wildman–Crippen LogP) is 2.18. The Hall–Kier alpha value is -3.28. The van der Waals surface area contributed by atoms with Gasteiger partial charge >= 0.3 is 19.5 Å². The fraction of sp³-hybridized carbons (Fsp3) is 0.522. The lowest BCUT2D eigenvalue weighted by Gasteiger charge is -2.30. The van der Waals surface area contributed by atoms with E-state index in [1.165, 1.54) is 28.4 Å². The average Bonchev–Trinajstić information content (AvgIpc) is 2.87. The van der Waals surface area contributed by atoms with Gasteiger partial charge in [0.2, 0.25) is 11.4 Å². The summed E-state index contributed by atoms with van der Waals surface area (Å²) in [4.78, 5) is 47.6. The van der Waals surface area contributed by atoms with Crippen LogP contribution in [0.5, 0.6) is 11.5 Å². The standard InChI is InChI=1S/C23H32N3O10P/c1-8-35-21(28)23(26-14(3)27,22(29)36-9-2)12-17-18(13-37(30,33-6)34-7)25-16-11-20(32-5)19(31-4)10-15(16)24-17/h10-11H,8-9,12-13H2,1-7H3,(H,26,27). The highest BCUT2D eigenvalue weighted by molar-refractivity contribution is 7.52. The Balaban J connectivity index is 2.86. The molecule has 0 aliphatic carbocycles. The number of carbonyl (C=O) groups excluding carboxylic acids is 3. The number of rotatable bonds is 13. The number of amides is 1. The number of benzene rings is 1. The topological polar surface area (TPSA) is 161 Å². The molecule has 0 spiro atoms. The van der Waals surface area contributed by atoms with Crippen LogP contribution in [0.3, 0.4) is 0 Å². The first-order chi connectivity index (χ1) is 17.5. The molecule has 1 heterocycles. The molecular formula is C23H32N3O10P. The number of hydrogen-bond donors (Lipinski definition) is 1. The van der Waals surface area contributed by atoms with E-state index in [-0.39, 0.29) is 30.8 Å². The van der Waals surface area contributed by atoms with Gasteiger partial charge in [-0.2, -0.15) is 0 Å². The largest absolute Gasteiger partial charge is 0.493 e. The number of esters is 2. The highest BCUT2D eigenvalue weighted by atomic mass is 31.2. The minimum absolute atomic E-state index is 0.0453. The third-order valence-corrected chi connectivity index (χ3v) is 7.09. The van der Waals surface area contributed by atoms with E-state index in [4.69, 9.17) is 28.0 Å². The summed E-state index contributed by atoms with van der Waals surface area (Å²) in [6, 6.07) is 3.12. The number of ether oxygens (including phenoxy) is 4. The number of methoxy groups -OCH3 is 2. The van der Waals surface area contributed by atoms with Gasteiger partial charge in [-0.15, -0.1) is 0 Å². The SMILES string of the molecule is CCOC(=O)C(Cc1nc2cc(OC)c(OC)cc2nc1CP(=O)(OC)OC)(NC(C)=O)C(=O)OCC. The van der Waals surface area contributed by atoms with Gasteiger partial charge in [0, 0.05) is 39.7 Å². The van der Waals surface area contributed by atoms with Crippen LogP contribution in [0.25, 0.3) is 11.0 Å². The van der Waals surface area contributed by atoms with E-state index in [1.54, 1.807) is 26.0 Å². The second-order valence-electron chi connectivity index (χ2n) is 7.65. The minimum atomic E-state index is -3.69. The van der Waals surface area contributed by atoms with Crippen molar-refractivity contribution < 1.29 is 46.9 Å². The van der Waals surface area contributed by atoms with Crippen LogP contribution in [0.4, 0.5) is 0 Å². The number of hydrogen-bond acceptors (Lipinski definition) is 12. The zero-order valence-corrected chi connectivity index (χ0v) is 22.8. The van der Waals surface area contributed by atoms with Crippen LogP contribution in [0.1, 0.15) is 32.2 Å². The van der Waals surface area contributed by atoms with E-state index in [1.807, 2.05) is 0 Å². The third-order valence-electron chi connectivity index (χ3n) is 5.29. The lowest BCUT2D eigenvalue weighted by Crippen LogP contribution is -2.62. The normalized spacial score (nSPS) is 11.6. The first-order valence-electron chi connectivity index (χ1n) is 11.3. The fourth-order valence-corrected chi connectivity index (χ4v) is 4.57. The molecule has 0 saturated carbocycles. The van der Waals surface area contributed by atoms with Crippen molar-refractivity contribution in [2.45, 2.75) is 38.9 Å². The molecule has 2 aromatic rings.